The number of hydrogen-bond acceptors (Lipinski definition) is 6. The molecule has 31 heavy (non-hydrogen) atoms. The highest BCUT2D eigenvalue weighted by Crippen LogP contribution is 2.43. The molecule has 0 bridgehead atoms. The lowest BCUT2D eigenvalue weighted by Gasteiger charge is -2.29. The monoisotopic (exact) mass is 435 g/mol. The van der Waals surface area contributed by atoms with Gasteiger partial charge in [-0.3, -0.25) is 9.69 Å². The van der Waals surface area contributed by atoms with Crippen LogP contribution >= 0.6 is 11.3 Å². The van der Waals surface area contributed by atoms with Crippen LogP contribution in [-0.4, -0.2) is 29.1 Å². The Hall–Kier alpha value is -3.03. The Morgan fingerprint density at radius 3 is 2.81 bits per heavy atom. The predicted molar refractivity (Wildman–Crippen MR) is 122 cm³/mol. The van der Waals surface area contributed by atoms with Crippen LogP contribution in [0, 0.1) is 0 Å². The number of hydrogen-bond donors (Lipinski definition) is 3. The molecule has 3 heterocycles. The molecule has 0 spiro atoms. The van der Waals surface area contributed by atoms with Crippen molar-refractivity contribution in [2.24, 2.45) is 0 Å². The van der Waals surface area contributed by atoms with Gasteiger partial charge in [-0.05, 0) is 30.5 Å². The zero-order chi connectivity index (χ0) is 21.4. The molecule has 2 aliphatic rings. The summed E-state index contributed by atoms with van der Waals surface area (Å²) in [6.45, 7) is 5.01. The fourth-order valence-electron chi connectivity index (χ4n) is 4.35. The number of para-hydroxylation sites is 1. The van der Waals surface area contributed by atoms with Gasteiger partial charge in [-0.15, -0.1) is 11.3 Å². The first-order valence-corrected chi connectivity index (χ1v) is 11.4. The van der Waals surface area contributed by atoms with Crippen LogP contribution in [0.5, 0.6) is 11.5 Å². The van der Waals surface area contributed by atoms with Crippen molar-refractivity contribution in [3.63, 3.8) is 0 Å². The Bertz CT molecular complexity index is 1110. The fourth-order valence-corrected chi connectivity index (χ4v) is 5.66. The number of rotatable bonds is 5. The summed E-state index contributed by atoms with van der Waals surface area (Å²) in [4.78, 5) is 16.7. The summed E-state index contributed by atoms with van der Waals surface area (Å²) in [7, 11) is 0. The number of aromatic hydroxyl groups is 1. The number of phenols is 1. The molecule has 3 aromatic rings. The highest BCUT2D eigenvalue weighted by atomic mass is 32.1. The maximum Gasteiger partial charge on any atom is 0.256 e. The average Bonchev–Trinajstić information content (AvgIpc) is 3.14. The normalized spacial score (nSPS) is 18.0. The summed E-state index contributed by atoms with van der Waals surface area (Å²) in [6.07, 6.45) is 0.361. The van der Waals surface area contributed by atoms with Gasteiger partial charge in [-0.1, -0.05) is 42.5 Å². The number of amides is 1. The molecule has 7 heteroatoms. The number of ether oxygens (including phenoxy) is 1. The molecule has 2 aliphatic heterocycles. The molecular weight excluding hydrogens is 410 g/mol. The summed E-state index contributed by atoms with van der Waals surface area (Å²) >= 11 is 1.65. The second-order valence-corrected chi connectivity index (χ2v) is 8.94. The first-order chi connectivity index (χ1) is 15.1. The number of anilines is 1. The van der Waals surface area contributed by atoms with E-state index >= 15 is 0 Å². The highest BCUT2D eigenvalue weighted by molar-refractivity contribution is 7.16. The van der Waals surface area contributed by atoms with Crippen LogP contribution in [0.25, 0.3) is 0 Å². The Labute approximate surface area is 185 Å². The van der Waals surface area contributed by atoms with Crippen LogP contribution in [0.1, 0.15) is 45.0 Å². The van der Waals surface area contributed by atoms with E-state index in [0.29, 0.717) is 17.9 Å². The van der Waals surface area contributed by atoms with Crippen molar-refractivity contribution in [3.05, 3.63) is 75.7 Å². The molecule has 2 aromatic carbocycles. The Balaban J connectivity index is 1.39. The van der Waals surface area contributed by atoms with Crippen molar-refractivity contribution in [1.29, 1.82) is 0 Å². The molecule has 160 valence electrons. The second kappa shape index (κ2) is 8.24. The SMILES string of the molecule is CCOc1cccc(C2NC(=O)c3c(sc4c3CCN(Cc3ccccc3)C4)N2)c1O. The van der Waals surface area contributed by atoms with Crippen LogP contribution in [0.4, 0.5) is 5.00 Å². The summed E-state index contributed by atoms with van der Waals surface area (Å²) < 4.78 is 5.50. The number of benzene rings is 2. The largest absolute Gasteiger partial charge is 0.504 e. The van der Waals surface area contributed by atoms with Crippen LogP contribution < -0.4 is 15.4 Å². The third-order valence-electron chi connectivity index (χ3n) is 5.80. The third kappa shape index (κ3) is 3.75. The van der Waals surface area contributed by atoms with E-state index in [1.165, 1.54) is 10.4 Å². The minimum absolute atomic E-state index is 0.0564. The van der Waals surface area contributed by atoms with Gasteiger partial charge in [0.15, 0.2) is 11.5 Å². The Morgan fingerprint density at radius 1 is 1.16 bits per heavy atom. The first kappa shape index (κ1) is 19.9. The van der Waals surface area contributed by atoms with Gasteiger partial charge in [0.2, 0.25) is 0 Å². The number of phenolic OH excluding ortho intramolecular Hbond substituents is 1. The van der Waals surface area contributed by atoms with Gasteiger partial charge < -0.3 is 20.5 Å². The van der Waals surface area contributed by atoms with Crippen LogP contribution in [0.2, 0.25) is 0 Å². The fraction of sp³-hybridized carbons (Fsp3) is 0.292. The second-order valence-electron chi connectivity index (χ2n) is 7.83. The van der Waals surface area contributed by atoms with Gasteiger partial charge in [-0.2, -0.15) is 0 Å². The maximum absolute atomic E-state index is 13.0. The number of carbonyl (C=O) groups excluding carboxylic acids is 1. The molecule has 5 rings (SSSR count). The predicted octanol–water partition coefficient (Wildman–Crippen LogP) is 4.26. The minimum Gasteiger partial charge on any atom is -0.504 e. The zero-order valence-corrected chi connectivity index (χ0v) is 18.2. The van der Waals surface area contributed by atoms with E-state index in [1.54, 1.807) is 23.5 Å². The molecule has 0 saturated carbocycles. The number of fused-ring (bicyclic) bond motifs is 3. The molecule has 1 unspecified atom stereocenters. The van der Waals surface area contributed by atoms with Crippen molar-refractivity contribution in [2.45, 2.75) is 32.6 Å². The van der Waals surface area contributed by atoms with E-state index in [1.807, 2.05) is 19.1 Å². The smallest absolute Gasteiger partial charge is 0.256 e. The number of nitrogens with zero attached hydrogens (tertiary/aromatic N) is 1. The molecule has 1 amide bonds. The van der Waals surface area contributed by atoms with Gasteiger partial charge in [0.05, 0.1) is 12.2 Å². The molecule has 6 nitrogen and oxygen atoms in total. The van der Waals surface area contributed by atoms with E-state index < -0.39 is 6.17 Å². The third-order valence-corrected chi connectivity index (χ3v) is 6.95. The van der Waals surface area contributed by atoms with E-state index in [9.17, 15) is 9.90 Å². The quantitative estimate of drug-likeness (QED) is 0.558. The molecule has 0 radical (unpaired) electrons. The Morgan fingerprint density at radius 2 is 2.00 bits per heavy atom. The van der Waals surface area contributed by atoms with Crippen molar-refractivity contribution in [1.82, 2.24) is 10.2 Å². The summed E-state index contributed by atoms with van der Waals surface area (Å²) in [6, 6.07) is 15.8. The minimum atomic E-state index is -0.499. The maximum atomic E-state index is 13.0. The number of thiophene rings is 1. The van der Waals surface area contributed by atoms with Crippen LogP contribution in [0.15, 0.2) is 48.5 Å². The lowest BCUT2D eigenvalue weighted by molar-refractivity contribution is 0.0934. The van der Waals surface area contributed by atoms with Crippen molar-refractivity contribution >= 4 is 22.2 Å². The van der Waals surface area contributed by atoms with Crippen molar-refractivity contribution in [3.8, 4) is 11.5 Å². The summed E-state index contributed by atoms with van der Waals surface area (Å²) in [5.41, 5.74) is 3.81. The van der Waals surface area contributed by atoms with Crippen molar-refractivity contribution in [2.75, 3.05) is 18.5 Å². The molecule has 0 saturated heterocycles. The van der Waals surface area contributed by atoms with E-state index in [4.69, 9.17) is 4.74 Å². The zero-order valence-electron chi connectivity index (χ0n) is 17.4. The van der Waals surface area contributed by atoms with Crippen LogP contribution in [0.3, 0.4) is 0 Å². The van der Waals surface area contributed by atoms with E-state index in [-0.39, 0.29) is 11.7 Å². The van der Waals surface area contributed by atoms with Crippen LogP contribution in [-0.2, 0) is 19.5 Å². The summed E-state index contributed by atoms with van der Waals surface area (Å²) in [5.74, 6) is 0.388. The molecule has 0 fully saturated rings. The van der Waals surface area contributed by atoms with E-state index in [0.717, 1.165) is 42.2 Å². The molecule has 1 aromatic heterocycles. The number of nitrogens with one attached hydrogen (secondary N) is 2. The van der Waals surface area contributed by atoms with Gasteiger partial charge in [-0.25, -0.2) is 0 Å². The van der Waals surface area contributed by atoms with Gasteiger partial charge in [0.25, 0.3) is 5.91 Å². The van der Waals surface area contributed by atoms with Gasteiger partial charge >= 0.3 is 0 Å². The topological polar surface area (TPSA) is 73.8 Å². The van der Waals surface area contributed by atoms with Gasteiger partial charge in [0, 0.05) is 30.1 Å². The first-order valence-electron chi connectivity index (χ1n) is 10.6. The molecule has 0 aliphatic carbocycles. The van der Waals surface area contributed by atoms with E-state index in [2.05, 4.69) is 39.8 Å². The number of carbonyl (C=O) groups is 1. The molecule has 3 N–H and O–H groups in total. The lowest BCUT2D eigenvalue weighted by atomic mass is 9.99. The molecule has 1 atom stereocenters. The lowest BCUT2D eigenvalue weighted by Crippen LogP contribution is -2.38. The standard InChI is InChI=1S/C24H25N3O3S/c1-2-30-18-10-6-9-17(21(18)28)22-25-23(29)20-16-11-12-27(13-15-7-4-3-5-8-15)14-19(16)31-24(20)26-22/h3-10,22,26,28H,2,11-14H2,1H3,(H,25,29). The summed E-state index contributed by atoms with van der Waals surface area (Å²) in [5, 5.41) is 17.9. The highest BCUT2D eigenvalue weighted by Gasteiger charge is 2.34. The Kier molecular flexibility index (Phi) is 5.29. The van der Waals surface area contributed by atoms with Gasteiger partial charge in [0.1, 0.15) is 11.2 Å². The average molecular weight is 436 g/mol. The van der Waals surface area contributed by atoms with Crippen molar-refractivity contribution < 1.29 is 14.6 Å². The molecular formula is C24H25N3O3S.